The van der Waals surface area contributed by atoms with Crippen LogP contribution < -0.4 is 10.5 Å². The second kappa shape index (κ2) is 6.87. The molecule has 1 aromatic carbocycles. The highest BCUT2D eigenvalue weighted by Crippen LogP contribution is 2.18. The Morgan fingerprint density at radius 1 is 1.29 bits per heavy atom. The average Bonchev–Trinajstić information content (AvgIpc) is 2.48. The van der Waals surface area contributed by atoms with E-state index in [1.165, 1.54) is 0 Å². The van der Waals surface area contributed by atoms with Crippen LogP contribution in [0.25, 0.3) is 0 Å². The number of aryl methyl sites for hydroxylation is 1. The van der Waals surface area contributed by atoms with Gasteiger partial charge in [0.25, 0.3) is 0 Å². The van der Waals surface area contributed by atoms with E-state index < -0.39 is 10.0 Å². The highest BCUT2D eigenvalue weighted by molar-refractivity contribution is 7.89. The Labute approximate surface area is 127 Å². The summed E-state index contributed by atoms with van der Waals surface area (Å²) in [6.07, 6.45) is 2.56. The topological polar surface area (TPSA) is 75.4 Å². The number of piperidine rings is 1. The molecule has 0 spiro atoms. The molecule has 1 aliphatic rings. The maximum absolute atomic E-state index is 12.5. The van der Waals surface area contributed by atoms with Crippen molar-refractivity contribution in [2.45, 2.75) is 43.7 Å². The minimum absolute atomic E-state index is 0.0263. The minimum atomic E-state index is -3.46. The molecule has 3 N–H and O–H groups in total. The summed E-state index contributed by atoms with van der Waals surface area (Å²) in [6, 6.07) is 5.27. The van der Waals surface area contributed by atoms with Crippen LogP contribution in [0.1, 0.15) is 30.9 Å². The number of rotatable bonds is 5. The molecule has 0 amide bonds. The van der Waals surface area contributed by atoms with Crippen molar-refractivity contribution in [2.24, 2.45) is 5.73 Å². The Morgan fingerprint density at radius 2 is 1.95 bits per heavy atom. The lowest BCUT2D eigenvalue weighted by Gasteiger charge is -2.29. The molecular formula is C15H25N3O2S. The molecule has 0 bridgehead atoms. The van der Waals surface area contributed by atoms with Crippen molar-refractivity contribution in [3.05, 3.63) is 29.3 Å². The van der Waals surface area contributed by atoms with Crippen LogP contribution in [0.3, 0.4) is 0 Å². The van der Waals surface area contributed by atoms with Gasteiger partial charge in [0.1, 0.15) is 0 Å². The van der Waals surface area contributed by atoms with Gasteiger partial charge in [0.05, 0.1) is 4.90 Å². The molecule has 0 atom stereocenters. The minimum Gasteiger partial charge on any atom is -0.326 e. The van der Waals surface area contributed by atoms with Crippen molar-refractivity contribution in [3.63, 3.8) is 0 Å². The molecule has 1 saturated heterocycles. The third-order valence-electron chi connectivity index (χ3n) is 4.13. The van der Waals surface area contributed by atoms with Crippen molar-refractivity contribution >= 4 is 10.0 Å². The zero-order valence-corrected chi connectivity index (χ0v) is 13.6. The van der Waals surface area contributed by atoms with E-state index >= 15 is 0 Å². The lowest BCUT2D eigenvalue weighted by atomic mass is 10.1. The summed E-state index contributed by atoms with van der Waals surface area (Å²) in [5.74, 6) is 0. The molecule has 21 heavy (non-hydrogen) atoms. The highest BCUT2D eigenvalue weighted by Gasteiger charge is 2.23. The number of sulfonamides is 1. The molecule has 1 heterocycles. The Kier molecular flexibility index (Phi) is 5.37. The van der Waals surface area contributed by atoms with E-state index in [1.54, 1.807) is 12.1 Å². The summed E-state index contributed by atoms with van der Waals surface area (Å²) in [6.45, 7) is 4.26. The first kappa shape index (κ1) is 16.4. The van der Waals surface area contributed by atoms with Crippen molar-refractivity contribution in [1.29, 1.82) is 0 Å². The smallest absolute Gasteiger partial charge is 0.240 e. The molecule has 0 unspecified atom stereocenters. The van der Waals surface area contributed by atoms with Gasteiger partial charge in [-0.25, -0.2) is 13.1 Å². The summed E-state index contributed by atoms with van der Waals surface area (Å²) in [7, 11) is -1.40. The second-order valence-corrected chi connectivity index (χ2v) is 7.40. The van der Waals surface area contributed by atoms with E-state index in [2.05, 4.69) is 16.7 Å². The number of benzene rings is 1. The summed E-state index contributed by atoms with van der Waals surface area (Å²) in [5.41, 5.74) is 7.73. The SMILES string of the molecule is CCc1ccc(S(=O)(=O)NC2CCN(C)CC2)cc1CN. The summed E-state index contributed by atoms with van der Waals surface area (Å²) in [4.78, 5) is 2.53. The molecule has 0 aromatic heterocycles. The van der Waals surface area contributed by atoms with Crippen LogP contribution in [0.15, 0.2) is 23.1 Å². The van der Waals surface area contributed by atoms with Gasteiger partial charge in [-0.15, -0.1) is 0 Å². The van der Waals surface area contributed by atoms with E-state index in [-0.39, 0.29) is 6.04 Å². The van der Waals surface area contributed by atoms with Gasteiger partial charge in [-0.3, -0.25) is 0 Å². The third-order valence-corrected chi connectivity index (χ3v) is 5.65. The third kappa shape index (κ3) is 4.03. The van der Waals surface area contributed by atoms with E-state index in [4.69, 9.17) is 5.73 Å². The number of nitrogens with two attached hydrogens (primary N) is 1. The van der Waals surface area contributed by atoms with Crippen LogP contribution in [-0.2, 0) is 23.0 Å². The number of nitrogens with one attached hydrogen (secondary N) is 1. The van der Waals surface area contributed by atoms with Crippen molar-refractivity contribution in [1.82, 2.24) is 9.62 Å². The van der Waals surface area contributed by atoms with E-state index in [9.17, 15) is 8.42 Å². The highest BCUT2D eigenvalue weighted by atomic mass is 32.2. The van der Waals surface area contributed by atoms with E-state index in [1.807, 2.05) is 13.0 Å². The molecule has 1 fully saturated rings. The lowest BCUT2D eigenvalue weighted by molar-refractivity contribution is 0.248. The molecule has 1 aliphatic heterocycles. The normalized spacial score (nSPS) is 18.0. The number of nitrogens with zero attached hydrogens (tertiary/aromatic N) is 1. The van der Waals surface area contributed by atoms with Crippen LogP contribution in [0.4, 0.5) is 0 Å². The number of hydrogen-bond acceptors (Lipinski definition) is 4. The fourth-order valence-electron chi connectivity index (χ4n) is 2.72. The molecule has 118 valence electrons. The van der Waals surface area contributed by atoms with Gasteiger partial charge in [0.2, 0.25) is 10.0 Å². The van der Waals surface area contributed by atoms with Gasteiger partial charge in [0.15, 0.2) is 0 Å². The van der Waals surface area contributed by atoms with Crippen molar-refractivity contribution in [3.8, 4) is 0 Å². The van der Waals surface area contributed by atoms with Gasteiger partial charge in [-0.2, -0.15) is 0 Å². The van der Waals surface area contributed by atoms with Gasteiger partial charge in [-0.05, 0) is 62.7 Å². The maximum atomic E-state index is 12.5. The van der Waals surface area contributed by atoms with Crippen LogP contribution in [0, 0.1) is 0 Å². The standard InChI is InChI=1S/C15H25N3O2S/c1-3-12-4-5-15(10-13(12)11-16)21(19,20)17-14-6-8-18(2)9-7-14/h4-5,10,14,17H,3,6-9,11,16H2,1-2H3. The van der Waals surface area contributed by atoms with Crippen LogP contribution in [0.5, 0.6) is 0 Å². The van der Waals surface area contributed by atoms with E-state index in [0.29, 0.717) is 11.4 Å². The molecule has 6 heteroatoms. The molecule has 2 rings (SSSR count). The fraction of sp³-hybridized carbons (Fsp3) is 0.600. The quantitative estimate of drug-likeness (QED) is 0.853. The predicted molar refractivity (Wildman–Crippen MR) is 84.6 cm³/mol. The fourth-order valence-corrected chi connectivity index (χ4v) is 4.07. The lowest BCUT2D eigenvalue weighted by Crippen LogP contribution is -2.43. The maximum Gasteiger partial charge on any atom is 0.240 e. The van der Waals surface area contributed by atoms with Crippen LogP contribution >= 0.6 is 0 Å². The van der Waals surface area contributed by atoms with E-state index in [0.717, 1.165) is 43.5 Å². The molecule has 0 aliphatic carbocycles. The first-order valence-corrected chi connectivity index (χ1v) is 8.97. The van der Waals surface area contributed by atoms with Gasteiger partial charge in [0, 0.05) is 12.6 Å². The molecule has 0 radical (unpaired) electrons. The molecular weight excluding hydrogens is 286 g/mol. The summed E-state index contributed by atoms with van der Waals surface area (Å²) in [5, 5.41) is 0. The monoisotopic (exact) mass is 311 g/mol. The van der Waals surface area contributed by atoms with Gasteiger partial charge in [-0.1, -0.05) is 13.0 Å². The average molecular weight is 311 g/mol. The number of likely N-dealkylation sites (tertiary alicyclic amines) is 1. The first-order valence-electron chi connectivity index (χ1n) is 7.49. The Balaban J connectivity index is 2.15. The summed E-state index contributed by atoms with van der Waals surface area (Å²) >= 11 is 0. The Hall–Kier alpha value is -0.950. The predicted octanol–water partition coefficient (Wildman–Crippen LogP) is 1.08. The van der Waals surface area contributed by atoms with Crippen molar-refractivity contribution in [2.75, 3.05) is 20.1 Å². The molecule has 1 aromatic rings. The van der Waals surface area contributed by atoms with Crippen LogP contribution in [-0.4, -0.2) is 39.5 Å². The second-order valence-electron chi connectivity index (χ2n) is 5.69. The van der Waals surface area contributed by atoms with Gasteiger partial charge < -0.3 is 10.6 Å². The Bertz CT molecular complexity index is 579. The zero-order valence-electron chi connectivity index (χ0n) is 12.8. The van der Waals surface area contributed by atoms with Crippen LogP contribution in [0.2, 0.25) is 0 Å². The van der Waals surface area contributed by atoms with Crippen molar-refractivity contribution < 1.29 is 8.42 Å². The summed E-state index contributed by atoms with van der Waals surface area (Å²) < 4.78 is 27.8. The zero-order chi connectivity index (χ0) is 15.5. The van der Waals surface area contributed by atoms with Gasteiger partial charge >= 0.3 is 0 Å². The first-order chi connectivity index (χ1) is 9.96. The molecule has 5 nitrogen and oxygen atoms in total. The number of hydrogen-bond donors (Lipinski definition) is 2. The Morgan fingerprint density at radius 3 is 2.52 bits per heavy atom. The largest absolute Gasteiger partial charge is 0.326 e. The molecule has 0 saturated carbocycles.